The first-order valence-electron chi connectivity index (χ1n) is 6.38. The van der Waals surface area contributed by atoms with Crippen LogP contribution in [0.3, 0.4) is 0 Å². The summed E-state index contributed by atoms with van der Waals surface area (Å²) in [6.07, 6.45) is 1.45. The van der Waals surface area contributed by atoms with Gasteiger partial charge in [-0.15, -0.1) is 0 Å². The molecule has 7 heteroatoms. The normalized spacial score (nSPS) is 10.1. The van der Waals surface area contributed by atoms with E-state index in [0.717, 1.165) is 5.75 Å². The molecule has 110 valence electrons. The van der Waals surface area contributed by atoms with Crippen LogP contribution < -0.4 is 10.1 Å². The van der Waals surface area contributed by atoms with Crippen LogP contribution in [0.2, 0.25) is 0 Å². The number of carbonyl (C=O) groups is 2. The van der Waals surface area contributed by atoms with Crippen molar-refractivity contribution in [2.45, 2.75) is 13.5 Å². The smallest absolute Gasteiger partial charge is 0.356 e. The van der Waals surface area contributed by atoms with E-state index in [1.54, 1.807) is 24.3 Å². The lowest BCUT2D eigenvalue weighted by atomic mass is 10.3. The quantitative estimate of drug-likeness (QED) is 0.842. The van der Waals surface area contributed by atoms with Gasteiger partial charge in [-0.25, -0.2) is 4.79 Å². The minimum absolute atomic E-state index is 0.0551. The van der Waals surface area contributed by atoms with E-state index < -0.39 is 5.97 Å². The molecule has 0 spiro atoms. The van der Waals surface area contributed by atoms with Gasteiger partial charge in [-0.1, -0.05) is 0 Å². The highest BCUT2D eigenvalue weighted by molar-refractivity contribution is 5.90. The van der Waals surface area contributed by atoms with Crippen molar-refractivity contribution in [2.75, 3.05) is 11.9 Å². The first-order chi connectivity index (χ1) is 10.1. The van der Waals surface area contributed by atoms with Gasteiger partial charge in [0.15, 0.2) is 5.69 Å². The zero-order valence-corrected chi connectivity index (χ0v) is 11.4. The number of benzene rings is 1. The van der Waals surface area contributed by atoms with Crippen molar-refractivity contribution in [3.63, 3.8) is 0 Å². The second-order valence-corrected chi connectivity index (χ2v) is 4.21. The van der Waals surface area contributed by atoms with Crippen LogP contribution in [-0.2, 0) is 11.3 Å². The maximum absolute atomic E-state index is 11.8. The van der Waals surface area contributed by atoms with Crippen LogP contribution in [0.15, 0.2) is 36.5 Å². The Morgan fingerprint density at radius 2 is 2.00 bits per heavy atom. The van der Waals surface area contributed by atoms with Gasteiger partial charge in [0.2, 0.25) is 5.91 Å². The van der Waals surface area contributed by atoms with E-state index >= 15 is 0 Å². The number of carboxylic acids is 1. The molecule has 21 heavy (non-hydrogen) atoms. The van der Waals surface area contributed by atoms with Gasteiger partial charge in [0, 0.05) is 11.9 Å². The number of carboxylic acid groups (broad SMARTS) is 1. The summed E-state index contributed by atoms with van der Waals surface area (Å²) in [6, 6.07) is 8.32. The predicted molar refractivity (Wildman–Crippen MR) is 75.4 cm³/mol. The highest BCUT2D eigenvalue weighted by Gasteiger charge is 2.09. The molecule has 1 amide bonds. The van der Waals surface area contributed by atoms with Crippen LogP contribution in [0, 0.1) is 0 Å². The molecule has 0 radical (unpaired) electrons. The zero-order valence-electron chi connectivity index (χ0n) is 11.4. The number of anilines is 1. The molecular formula is C14H15N3O4. The Bertz CT molecular complexity index is 634. The molecule has 0 atom stereocenters. The largest absolute Gasteiger partial charge is 0.494 e. The summed E-state index contributed by atoms with van der Waals surface area (Å²) in [5.41, 5.74) is 0.540. The molecule has 0 bridgehead atoms. The van der Waals surface area contributed by atoms with Crippen molar-refractivity contribution in [1.29, 1.82) is 0 Å². The molecule has 7 nitrogen and oxygen atoms in total. The van der Waals surface area contributed by atoms with Gasteiger partial charge < -0.3 is 15.2 Å². The summed E-state index contributed by atoms with van der Waals surface area (Å²) in [4.78, 5) is 22.5. The number of nitrogens with zero attached hydrogens (tertiary/aromatic N) is 2. The van der Waals surface area contributed by atoms with Gasteiger partial charge in [-0.05, 0) is 37.3 Å². The molecule has 2 rings (SSSR count). The molecule has 0 fully saturated rings. The molecule has 1 heterocycles. The lowest BCUT2D eigenvalue weighted by molar-refractivity contribution is -0.116. The van der Waals surface area contributed by atoms with Gasteiger partial charge in [0.25, 0.3) is 0 Å². The number of carbonyl (C=O) groups excluding carboxylic acids is 1. The van der Waals surface area contributed by atoms with Crippen LogP contribution >= 0.6 is 0 Å². The molecule has 0 aliphatic carbocycles. The molecule has 1 aromatic heterocycles. The van der Waals surface area contributed by atoms with E-state index in [-0.39, 0.29) is 18.1 Å². The fourth-order valence-corrected chi connectivity index (χ4v) is 1.71. The Morgan fingerprint density at radius 1 is 1.29 bits per heavy atom. The minimum Gasteiger partial charge on any atom is -0.494 e. The van der Waals surface area contributed by atoms with Crippen molar-refractivity contribution in [3.05, 3.63) is 42.2 Å². The molecule has 1 aromatic carbocycles. The van der Waals surface area contributed by atoms with E-state index in [9.17, 15) is 9.59 Å². The minimum atomic E-state index is -1.12. The van der Waals surface area contributed by atoms with Crippen molar-refractivity contribution in [3.8, 4) is 5.75 Å². The topological polar surface area (TPSA) is 93.5 Å². The van der Waals surface area contributed by atoms with Gasteiger partial charge in [-0.2, -0.15) is 5.10 Å². The van der Waals surface area contributed by atoms with Gasteiger partial charge in [0.05, 0.1) is 6.61 Å². The van der Waals surface area contributed by atoms with E-state index in [2.05, 4.69) is 10.4 Å². The van der Waals surface area contributed by atoms with Crippen LogP contribution in [0.1, 0.15) is 17.4 Å². The standard InChI is InChI=1S/C14H15N3O4/c1-2-21-11-5-3-10(4-6-11)15-13(18)9-17-8-7-12(16-17)14(19)20/h3-8H,2,9H2,1H3,(H,15,18)(H,19,20). The predicted octanol–water partition coefficient (Wildman–Crippen LogP) is 1.62. The summed E-state index contributed by atoms with van der Waals surface area (Å²) in [5, 5.41) is 15.2. The summed E-state index contributed by atoms with van der Waals surface area (Å²) in [5.74, 6) is -0.687. The summed E-state index contributed by atoms with van der Waals surface area (Å²) >= 11 is 0. The number of hydrogen-bond acceptors (Lipinski definition) is 4. The Hall–Kier alpha value is -2.83. The average molecular weight is 289 g/mol. The Labute approximate surface area is 121 Å². The van der Waals surface area contributed by atoms with Crippen molar-refractivity contribution >= 4 is 17.6 Å². The first-order valence-corrected chi connectivity index (χ1v) is 6.38. The number of rotatable bonds is 6. The fraction of sp³-hybridized carbons (Fsp3) is 0.214. The van der Waals surface area contributed by atoms with Crippen LogP contribution in [0.4, 0.5) is 5.69 Å². The first kappa shape index (κ1) is 14.6. The molecule has 0 unspecified atom stereocenters. The third-order valence-corrected chi connectivity index (χ3v) is 2.61. The monoisotopic (exact) mass is 289 g/mol. The molecule has 0 saturated heterocycles. The maximum Gasteiger partial charge on any atom is 0.356 e. The second kappa shape index (κ2) is 6.56. The number of hydrogen-bond donors (Lipinski definition) is 2. The van der Waals surface area contributed by atoms with E-state index in [1.807, 2.05) is 6.92 Å². The van der Waals surface area contributed by atoms with Crippen molar-refractivity contribution in [1.82, 2.24) is 9.78 Å². The molecule has 0 aliphatic rings. The SMILES string of the molecule is CCOc1ccc(NC(=O)Cn2ccc(C(=O)O)n2)cc1. The van der Waals surface area contributed by atoms with Gasteiger partial charge in [0.1, 0.15) is 12.3 Å². The summed E-state index contributed by atoms with van der Waals surface area (Å²) in [7, 11) is 0. The Morgan fingerprint density at radius 3 is 2.57 bits per heavy atom. The number of aromatic nitrogens is 2. The van der Waals surface area contributed by atoms with Crippen molar-refractivity contribution in [2.24, 2.45) is 0 Å². The lowest BCUT2D eigenvalue weighted by Gasteiger charge is -2.07. The number of amides is 1. The average Bonchev–Trinajstić information content (AvgIpc) is 2.90. The Balaban J connectivity index is 1.92. The fourth-order valence-electron chi connectivity index (χ4n) is 1.71. The molecular weight excluding hydrogens is 274 g/mol. The summed E-state index contributed by atoms with van der Waals surface area (Å²) < 4.78 is 6.58. The number of aromatic carboxylic acids is 1. The molecule has 0 aliphatic heterocycles. The zero-order chi connectivity index (χ0) is 15.2. The van der Waals surface area contributed by atoms with Crippen LogP contribution in [0.25, 0.3) is 0 Å². The van der Waals surface area contributed by atoms with Gasteiger partial charge >= 0.3 is 5.97 Å². The van der Waals surface area contributed by atoms with E-state index in [4.69, 9.17) is 9.84 Å². The molecule has 2 N–H and O–H groups in total. The maximum atomic E-state index is 11.8. The Kier molecular flexibility index (Phi) is 4.55. The third kappa shape index (κ3) is 4.07. The van der Waals surface area contributed by atoms with E-state index in [1.165, 1.54) is 16.9 Å². The second-order valence-electron chi connectivity index (χ2n) is 4.21. The van der Waals surface area contributed by atoms with E-state index in [0.29, 0.717) is 12.3 Å². The highest BCUT2D eigenvalue weighted by atomic mass is 16.5. The van der Waals surface area contributed by atoms with Crippen molar-refractivity contribution < 1.29 is 19.4 Å². The molecule has 2 aromatic rings. The lowest BCUT2D eigenvalue weighted by Crippen LogP contribution is -2.19. The number of ether oxygens (including phenoxy) is 1. The number of nitrogens with one attached hydrogen (secondary N) is 1. The van der Waals surface area contributed by atoms with Gasteiger partial charge in [-0.3, -0.25) is 9.48 Å². The summed E-state index contributed by atoms with van der Waals surface area (Å²) in [6.45, 7) is 2.42. The molecule has 0 saturated carbocycles. The third-order valence-electron chi connectivity index (χ3n) is 2.61. The highest BCUT2D eigenvalue weighted by Crippen LogP contribution is 2.15. The van der Waals surface area contributed by atoms with Crippen LogP contribution in [-0.4, -0.2) is 33.4 Å². The van der Waals surface area contributed by atoms with Crippen LogP contribution in [0.5, 0.6) is 5.75 Å².